The highest BCUT2D eigenvalue weighted by atomic mass is 16.7. The van der Waals surface area contributed by atoms with Crippen LogP contribution in [0.2, 0.25) is 0 Å². The molecule has 0 amide bonds. The largest absolute Gasteiger partial charge is 0.457 e. The second kappa shape index (κ2) is 41.7. The minimum atomic E-state index is -1.54. The van der Waals surface area contributed by atoms with E-state index < -0.39 is 43.4 Å². The van der Waals surface area contributed by atoms with Crippen LogP contribution in [0.25, 0.3) is 0 Å². The van der Waals surface area contributed by atoms with Gasteiger partial charge in [0.05, 0.1) is 19.8 Å². The Morgan fingerprint density at radius 1 is 0.542 bits per heavy atom. The van der Waals surface area contributed by atoms with Crippen molar-refractivity contribution in [2.24, 2.45) is 0 Å². The van der Waals surface area contributed by atoms with Gasteiger partial charge in [0.2, 0.25) is 0 Å². The Bertz CT molecular complexity index is 999. The Kier molecular flexibility index (Phi) is 39.2. The Hall–Kier alpha value is -1.59. The van der Waals surface area contributed by atoms with Crippen molar-refractivity contribution in [3.63, 3.8) is 0 Å². The number of esters is 1. The quantitative estimate of drug-likeness (QED) is 0.0269. The highest BCUT2D eigenvalue weighted by molar-refractivity contribution is 5.69. The number of hydrogen-bond donors (Lipinski definition) is 4. The molecule has 0 bridgehead atoms. The highest BCUT2D eigenvalue weighted by Gasteiger charge is 2.44. The van der Waals surface area contributed by atoms with Gasteiger partial charge < -0.3 is 39.4 Å². The third-order valence-electron chi connectivity index (χ3n) is 11.3. The van der Waals surface area contributed by atoms with Crippen LogP contribution in [0.1, 0.15) is 213 Å². The molecule has 1 aliphatic heterocycles. The van der Waals surface area contributed by atoms with Crippen molar-refractivity contribution >= 4 is 5.97 Å². The van der Waals surface area contributed by atoms with Crippen LogP contribution in [0.4, 0.5) is 0 Å². The number of hydrogen-bond acceptors (Lipinski definition) is 9. The topological polar surface area (TPSA) is 135 Å². The van der Waals surface area contributed by atoms with Gasteiger partial charge in [-0.05, 0) is 70.6 Å². The van der Waals surface area contributed by atoms with Crippen molar-refractivity contribution < 1.29 is 44.2 Å². The summed E-state index contributed by atoms with van der Waals surface area (Å²) in [6, 6.07) is 0. The van der Waals surface area contributed by atoms with Crippen molar-refractivity contribution in [2.75, 3.05) is 26.4 Å². The summed E-state index contributed by atoms with van der Waals surface area (Å²) in [5.41, 5.74) is 0. The van der Waals surface area contributed by atoms with E-state index in [9.17, 15) is 25.2 Å². The summed E-state index contributed by atoms with van der Waals surface area (Å²) >= 11 is 0. The second-order valence-electron chi connectivity index (χ2n) is 16.9. The SMILES string of the molecule is CCCCC/C=C\C/C=C\CCCCCCCCCCCCOCC(COC1OC(CO)C(O)C(O)C1O)OC(=O)CCCCCCC/C=C\CCCCCCCCC. The average Bonchev–Trinajstić information content (AvgIpc) is 3.24. The number of carbonyl (C=O) groups excluding carboxylic acids is 1. The molecule has 9 heteroatoms. The molecule has 6 unspecified atom stereocenters. The van der Waals surface area contributed by atoms with Crippen LogP contribution in [0, 0.1) is 0 Å². The molecule has 4 N–H and O–H groups in total. The Morgan fingerprint density at radius 2 is 0.983 bits per heavy atom. The number of rotatable bonds is 42. The van der Waals surface area contributed by atoms with Crippen molar-refractivity contribution in [2.45, 2.75) is 250 Å². The molecule has 1 fully saturated rings. The van der Waals surface area contributed by atoms with E-state index in [0.29, 0.717) is 13.0 Å². The predicted octanol–water partition coefficient (Wildman–Crippen LogP) is 11.5. The van der Waals surface area contributed by atoms with E-state index in [1.54, 1.807) is 0 Å². The first-order valence-electron chi connectivity index (χ1n) is 24.6. The Balaban J connectivity index is 2.23. The summed E-state index contributed by atoms with van der Waals surface area (Å²) < 4.78 is 22.9. The van der Waals surface area contributed by atoms with Gasteiger partial charge in [-0.1, -0.05) is 172 Å². The molecular formula is C50H92O9. The molecule has 59 heavy (non-hydrogen) atoms. The normalized spacial score (nSPS) is 20.4. The maximum absolute atomic E-state index is 12.8. The molecule has 0 aliphatic carbocycles. The molecule has 9 nitrogen and oxygen atoms in total. The zero-order valence-corrected chi connectivity index (χ0v) is 38.0. The molecule has 0 radical (unpaired) electrons. The van der Waals surface area contributed by atoms with Crippen LogP contribution in [-0.2, 0) is 23.7 Å². The molecule has 0 spiro atoms. The van der Waals surface area contributed by atoms with Crippen molar-refractivity contribution in [3.05, 3.63) is 36.5 Å². The van der Waals surface area contributed by atoms with E-state index in [4.69, 9.17) is 18.9 Å². The highest BCUT2D eigenvalue weighted by Crippen LogP contribution is 2.23. The van der Waals surface area contributed by atoms with E-state index in [1.807, 2.05) is 0 Å². The monoisotopic (exact) mass is 837 g/mol. The fraction of sp³-hybridized carbons (Fsp3) is 0.860. The molecule has 6 atom stereocenters. The van der Waals surface area contributed by atoms with Gasteiger partial charge in [0.15, 0.2) is 6.29 Å². The fourth-order valence-electron chi connectivity index (χ4n) is 7.40. The summed E-state index contributed by atoms with van der Waals surface area (Å²) in [6.07, 6.45) is 43.1. The molecule has 346 valence electrons. The Labute approximate surface area is 361 Å². The number of aliphatic hydroxyl groups is 4. The summed E-state index contributed by atoms with van der Waals surface area (Å²) in [7, 11) is 0. The van der Waals surface area contributed by atoms with Crippen LogP contribution in [0.15, 0.2) is 36.5 Å². The van der Waals surface area contributed by atoms with Crippen molar-refractivity contribution in [1.82, 2.24) is 0 Å². The minimum Gasteiger partial charge on any atom is -0.457 e. The van der Waals surface area contributed by atoms with E-state index in [2.05, 4.69) is 50.3 Å². The number of ether oxygens (including phenoxy) is 4. The van der Waals surface area contributed by atoms with Gasteiger partial charge in [0, 0.05) is 13.0 Å². The number of aliphatic hydroxyl groups excluding tert-OH is 4. The maximum Gasteiger partial charge on any atom is 0.306 e. The van der Waals surface area contributed by atoms with Gasteiger partial charge in [-0.25, -0.2) is 0 Å². The van der Waals surface area contributed by atoms with Crippen LogP contribution < -0.4 is 0 Å². The first-order chi connectivity index (χ1) is 28.9. The Morgan fingerprint density at radius 3 is 1.51 bits per heavy atom. The number of carbonyl (C=O) groups is 1. The van der Waals surface area contributed by atoms with Crippen molar-refractivity contribution in [1.29, 1.82) is 0 Å². The number of allylic oxidation sites excluding steroid dienone is 6. The smallest absolute Gasteiger partial charge is 0.306 e. The van der Waals surface area contributed by atoms with Gasteiger partial charge in [0.1, 0.15) is 30.5 Å². The molecule has 0 aromatic carbocycles. The van der Waals surface area contributed by atoms with Gasteiger partial charge >= 0.3 is 5.97 Å². The molecular weight excluding hydrogens is 745 g/mol. The molecule has 0 aromatic heterocycles. The lowest BCUT2D eigenvalue weighted by molar-refractivity contribution is -0.305. The van der Waals surface area contributed by atoms with Gasteiger partial charge in [0.25, 0.3) is 0 Å². The summed E-state index contributed by atoms with van der Waals surface area (Å²) in [5.74, 6) is -0.322. The lowest BCUT2D eigenvalue weighted by atomic mass is 9.99. The minimum absolute atomic E-state index is 0.117. The zero-order chi connectivity index (χ0) is 42.9. The molecule has 1 rings (SSSR count). The first kappa shape index (κ1) is 55.4. The zero-order valence-electron chi connectivity index (χ0n) is 38.0. The molecule has 0 aromatic rings. The van der Waals surface area contributed by atoms with E-state index >= 15 is 0 Å². The number of unbranched alkanes of at least 4 members (excludes halogenated alkanes) is 25. The predicted molar refractivity (Wildman–Crippen MR) is 242 cm³/mol. The van der Waals surface area contributed by atoms with Crippen LogP contribution in [-0.4, -0.2) is 89.6 Å². The molecule has 1 saturated heterocycles. The van der Waals surface area contributed by atoms with Crippen LogP contribution in [0.5, 0.6) is 0 Å². The third-order valence-corrected chi connectivity index (χ3v) is 11.3. The lowest BCUT2D eigenvalue weighted by Gasteiger charge is -2.39. The maximum atomic E-state index is 12.8. The van der Waals surface area contributed by atoms with E-state index in [0.717, 1.165) is 51.4 Å². The van der Waals surface area contributed by atoms with Gasteiger partial charge in [-0.3, -0.25) is 4.79 Å². The first-order valence-corrected chi connectivity index (χ1v) is 24.6. The van der Waals surface area contributed by atoms with Crippen LogP contribution >= 0.6 is 0 Å². The standard InChI is InChI=1S/C50H92O9/c1-3-5-7-9-11-13-15-17-19-21-22-23-24-26-28-30-32-34-36-38-40-56-42-44(43-57-50-49(55)48(54)47(53)45(41-51)59-50)58-46(52)39-37-35-33-31-29-27-25-20-18-16-14-12-10-8-6-4-2/h11,13,17,19-20,25,44-45,47-51,53-55H,3-10,12,14-16,18,21-24,26-43H2,1-2H3/b13-11-,19-17-,25-20-. The average molecular weight is 837 g/mol. The van der Waals surface area contributed by atoms with E-state index in [-0.39, 0.29) is 19.2 Å². The van der Waals surface area contributed by atoms with Gasteiger partial charge in [-0.2, -0.15) is 0 Å². The lowest BCUT2D eigenvalue weighted by Crippen LogP contribution is -2.59. The molecule has 1 heterocycles. The van der Waals surface area contributed by atoms with Crippen LogP contribution in [0.3, 0.4) is 0 Å². The summed E-state index contributed by atoms with van der Waals surface area (Å²) in [4.78, 5) is 12.8. The fourth-order valence-corrected chi connectivity index (χ4v) is 7.40. The van der Waals surface area contributed by atoms with Crippen molar-refractivity contribution in [3.8, 4) is 0 Å². The summed E-state index contributed by atoms with van der Waals surface area (Å²) in [5, 5.41) is 40.2. The summed E-state index contributed by atoms with van der Waals surface area (Å²) in [6.45, 7) is 4.53. The second-order valence-corrected chi connectivity index (χ2v) is 16.9. The van der Waals surface area contributed by atoms with E-state index in [1.165, 1.54) is 141 Å². The molecule has 1 aliphatic rings. The third kappa shape index (κ3) is 32.7. The van der Waals surface area contributed by atoms with Gasteiger partial charge in [-0.15, -0.1) is 0 Å². The molecule has 0 saturated carbocycles.